The first-order valence-electron chi connectivity index (χ1n) is 15.2. The standard InChI is InChI=1S/C28H42N2O10S2/c1-3-5-7-9-11-13-17-41(35,36)39-29-25(31)21-19-15-16-20(22(21)26(29)32)24-23(19)27(33)30(28(24)34)40-42(37,38)18-14-12-10-8-6-4-2/h15-16,19-24H,3-14,17-18H2,1-2H3. The minimum absolute atomic E-state index is 0.282. The molecule has 0 radical (unpaired) electrons. The molecule has 5 rings (SSSR count). The van der Waals surface area contributed by atoms with E-state index in [0.29, 0.717) is 25.7 Å². The van der Waals surface area contributed by atoms with Gasteiger partial charge in [-0.15, -0.1) is 18.7 Å². The molecule has 2 aliphatic heterocycles. The SMILES string of the molecule is CCCCCCCCS(=O)(=O)ON1C(=O)C2C3C=CC(C2C1=O)C1C(=O)N(OS(=O)(=O)CCCCCCCC)C(=O)C31. The third-order valence-corrected chi connectivity index (χ3v) is 11.1. The molecule has 236 valence electrons. The maximum absolute atomic E-state index is 13.3. The van der Waals surface area contributed by atoms with Crippen LogP contribution >= 0.6 is 0 Å². The molecule has 0 aromatic rings. The second-order valence-electron chi connectivity index (χ2n) is 11.8. The summed E-state index contributed by atoms with van der Waals surface area (Å²) in [7, 11) is -8.46. The molecule has 1 saturated carbocycles. The molecule has 0 spiro atoms. The Hall–Kier alpha value is -2.16. The summed E-state index contributed by atoms with van der Waals surface area (Å²) in [4.78, 5) is 53.2. The normalized spacial score (nSPS) is 28.7. The average molecular weight is 631 g/mol. The Morgan fingerprint density at radius 2 is 0.810 bits per heavy atom. The number of imide groups is 2. The fourth-order valence-electron chi connectivity index (χ4n) is 6.74. The van der Waals surface area contributed by atoms with Crippen LogP contribution in [0.3, 0.4) is 0 Å². The highest BCUT2D eigenvalue weighted by Gasteiger charge is 2.70. The predicted octanol–water partition coefficient (Wildman–Crippen LogP) is 3.25. The fraction of sp³-hybridized carbons (Fsp3) is 0.786. The van der Waals surface area contributed by atoms with E-state index in [0.717, 1.165) is 51.4 Å². The topological polar surface area (TPSA) is 161 Å². The van der Waals surface area contributed by atoms with Crippen LogP contribution in [0.2, 0.25) is 0 Å². The summed E-state index contributed by atoms with van der Waals surface area (Å²) in [6.07, 6.45) is 13.1. The molecule has 0 N–H and O–H groups in total. The van der Waals surface area contributed by atoms with Crippen LogP contribution in [0.4, 0.5) is 0 Å². The first-order valence-corrected chi connectivity index (χ1v) is 18.4. The van der Waals surface area contributed by atoms with Gasteiger partial charge in [0.2, 0.25) is 0 Å². The smallest absolute Gasteiger partial charge is 0.272 e. The summed E-state index contributed by atoms with van der Waals surface area (Å²) in [5.74, 6) is -10.5. The molecule has 14 heteroatoms. The predicted molar refractivity (Wildman–Crippen MR) is 150 cm³/mol. The number of rotatable bonds is 18. The van der Waals surface area contributed by atoms with Gasteiger partial charge in [-0.2, -0.15) is 16.8 Å². The zero-order valence-electron chi connectivity index (χ0n) is 24.3. The summed E-state index contributed by atoms with van der Waals surface area (Å²) in [5.41, 5.74) is 0. The maximum atomic E-state index is 13.3. The molecule has 42 heavy (non-hydrogen) atoms. The van der Waals surface area contributed by atoms with Crippen LogP contribution in [-0.4, -0.2) is 62.1 Å². The molecule has 12 nitrogen and oxygen atoms in total. The quantitative estimate of drug-likeness (QED) is 0.125. The molecule has 4 atom stereocenters. The van der Waals surface area contributed by atoms with Crippen molar-refractivity contribution in [3.63, 3.8) is 0 Å². The molecule has 4 unspecified atom stereocenters. The number of unbranched alkanes of at least 4 members (excludes halogenated alkanes) is 10. The van der Waals surface area contributed by atoms with Gasteiger partial charge >= 0.3 is 0 Å². The molecule has 5 aliphatic rings. The maximum Gasteiger partial charge on any atom is 0.288 e. The van der Waals surface area contributed by atoms with Gasteiger partial charge in [0, 0.05) is 11.8 Å². The monoisotopic (exact) mass is 630 g/mol. The molecule has 0 aromatic carbocycles. The van der Waals surface area contributed by atoms with Crippen molar-refractivity contribution in [2.45, 2.75) is 90.9 Å². The van der Waals surface area contributed by atoms with E-state index in [1.165, 1.54) is 0 Å². The highest BCUT2D eigenvalue weighted by Crippen LogP contribution is 2.58. The van der Waals surface area contributed by atoms with E-state index in [1.807, 2.05) is 0 Å². The first-order chi connectivity index (χ1) is 19.9. The van der Waals surface area contributed by atoms with Crippen molar-refractivity contribution < 1.29 is 44.6 Å². The molecular weight excluding hydrogens is 588 g/mol. The van der Waals surface area contributed by atoms with Gasteiger partial charge in [0.25, 0.3) is 43.9 Å². The Labute approximate surface area is 248 Å². The third-order valence-electron chi connectivity index (χ3n) is 8.80. The van der Waals surface area contributed by atoms with Gasteiger partial charge < -0.3 is 0 Å². The lowest BCUT2D eigenvalue weighted by Crippen LogP contribution is -2.50. The minimum atomic E-state index is -4.23. The number of hydroxylamine groups is 4. The van der Waals surface area contributed by atoms with Crippen LogP contribution in [-0.2, 0) is 48.0 Å². The summed E-state index contributed by atoms with van der Waals surface area (Å²) in [6.45, 7) is 4.15. The van der Waals surface area contributed by atoms with Gasteiger partial charge in [-0.3, -0.25) is 19.2 Å². The highest BCUT2D eigenvalue weighted by molar-refractivity contribution is 7.86. The third kappa shape index (κ3) is 6.81. The van der Waals surface area contributed by atoms with E-state index >= 15 is 0 Å². The summed E-state index contributed by atoms with van der Waals surface area (Å²) in [5, 5.41) is 0.563. The molecule has 2 saturated heterocycles. The number of nitrogens with zero attached hydrogens (tertiary/aromatic N) is 2. The van der Waals surface area contributed by atoms with Crippen LogP contribution in [0.1, 0.15) is 90.9 Å². The van der Waals surface area contributed by atoms with Crippen molar-refractivity contribution in [2.75, 3.05) is 11.5 Å². The lowest BCUT2D eigenvalue weighted by Gasteiger charge is -2.44. The van der Waals surface area contributed by atoms with E-state index in [-0.39, 0.29) is 21.6 Å². The van der Waals surface area contributed by atoms with Crippen molar-refractivity contribution in [3.8, 4) is 0 Å². The average Bonchev–Trinajstić information content (AvgIpc) is 3.35. The number of hydrogen-bond donors (Lipinski definition) is 0. The van der Waals surface area contributed by atoms with Gasteiger partial charge in [0.15, 0.2) is 0 Å². The Morgan fingerprint density at radius 1 is 0.524 bits per heavy atom. The van der Waals surface area contributed by atoms with Crippen LogP contribution < -0.4 is 0 Å². The number of carbonyl (C=O) groups excluding carboxylic acids is 4. The van der Waals surface area contributed by atoms with E-state index < -0.39 is 79.4 Å². The minimum Gasteiger partial charge on any atom is -0.272 e. The zero-order chi connectivity index (χ0) is 30.7. The van der Waals surface area contributed by atoms with Gasteiger partial charge in [-0.25, -0.2) is 0 Å². The van der Waals surface area contributed by atoms with Gasteiger partial charge in [-0.1, -0.05) is 90.2 Å². The van der Waals surface area contributed by atoms with Crippen LogP contribution in [0, 0.1) is 35.5 Å². The molecule has 3 aliphatic carbocycles. The van der Waals surface area contributed by atoms with Gasteiger partial charge in [0.1, 0.15) is 0 Å². The van der Waals surface area contributed by atoms with Gasteiger partial charge in [0.05, 0.1) is 35.2 Å². The number of carbonyl (C=O) groups is 4. The van der Waals surface area contributed by atoms with Crippen LogP contribution in [0.5, 0.6) is 0 Å². The second kappa shape index (κ2) is 13.6. The lowest BCUT2D eigenvalue weighted by molar-refractivity contribution is -0.166. The Kier molecular flexibility index (Phi) is 10.6. The Morgan fingerprint density at radius 3 is 1.12 bits per heavy atom. The lowest BCUT2D eigenvalue weighted by atomic mass is 9.54. The second-order valence-corrected chi connectivity index (χ2v) is 15.1. The molecular formula is C28H42N2O10S2. The zero-order valence-corrected chi connectivity index (χ0v) is 25.9. The molecule has 2 heterocycles. The summed E-state index contributed by atoms with van der Waals surface area (Å²) >= 11 is 0. The first kappa shape index (κ1) is 32.7. The van der Waals surface area contributed by atoms with E-state index in [2.05, 4.69) is 13.8 Å². The summed E-state index contributed by atoms with van der Waals surface area (Å²) < 4.78 is 60.4. The number of amides is 4. The molecule has 2 bridgehead atoms. The van der Waals surface area contributed by atoms with E-state index in [9.17, 15) is 36.0 Å². The van der Waals surface area contributed by atoms with Crippen molar-refractivity contribution in [3.05, 3.63) is 12.2 Å². The highest BCUT2D eigenvalue weighted by atomic mass is 32.2. The Balaban J connectivity index is 1.40. The Bertz CT molecular complexity index is 1150. The van der Waals surface area contributed by atoms with Gasteiger partial charge in [-0.05, 0) is 12.8 Å². The number of allylic oxidation sites excluding steroid dienone is 2. The molecule has 4 amide bonds. The molecule has 0 aromatic heterocycles. The molecule has 3 fully saturated rings. The van der Waals surface area contributed by atoms with E-state index in [4.69, 9.17) is 8.57 Å². The largest absolute Gasteiger partial charge is 0.288 e. The van der Waals surface area contributed by atoms with E-state index in [1.54, 1.807) is 12.2 Å². The van der Waals surface area contributed by atoms with Crippen LogP contribution in [0.15, 0.2) is 12.2 Å². The van der Waals surface area contributed by atoms with Crippen molar-refractivity contribution in [2.24, 2.45) is 35.5 Å². The van der Waals surface area contributed by atoms with Crippen LogP contribution in [0.25, 0.3) is 0 Å². The fourth-order valence-corrected chi connectivity index (χ4v) is 8.75. The van der Waals surface area contributed by atoms with Crippen molar-refractivity contribution >= 4 is 43.9 Å². The number of hydrogen-bond acceptors (Lipinski definition) is 10. The summed E-state index contributed by atoms with van der Waals surface area (Å²) in [6, 6.07) is 0. The van der Waals surface area contributed by atoms with Crippen molar-refractivity contribution in [1.82, 2.24) is 10.1 Å². The van der Waals surface area contributed by atoms with Crippen molar-refractivity contribution in [1.29, 1.82) is 0 Å².